The Balaban J connectivity index is 1.96. The molecule has 0 spiro atoms. The molecule has 0 bridgehead atoms. The van der Waals surface area contributed by atoms with Crippen molar-refractivity contribution in [1.29, 1.82) is 0 Å². The first kappa shape index (κ1) is 22.5. The summed E-state index contributed by atoms with van der Waals surface area (Å²) in [6.45, 7) is 3.45. The molecule has 158 valence electrons. The Morgan fingerprint density at radius 2 is 1.69 bits per heavy atom. The summed E-state index contributed by atoms with van der Waals surface area (Å²) in [5.41, 5.74) is 0.486. The number of nitrogens with one attached hydrogen (secondary N) is 2. The molecule has 0 saturated carbocycles. The average molecular weight is 423 g/mol. The van der Waals surface area contributed by atoms with Gasteiger partial charge >= 0.3 is 0 Å². The molecule has 9 heteroatoms. The van der Waals surface area contributed by atoms with Crippen LogP contribution in [0.5, 0.6) is 17.2 Å². The van der Waals surface area contributed by atoms with Crippen LogP contribution < -0.4 is 24.2 Å². The Bertz CT molecular complexity index is 928. The third-order valence-electron chi connectivity index (χ3n) is 4.16. The Morgan fingerprint density at radius 1 is 1.03 bits per heavy atom. The lowest BCUT2D eigenvalue weighted by atomic mass is 10.2. The number of benzene rings is 2. The van der Waals surface area contributed by atoms with Crippen molar-refractivity contribution < 1.29 is 27.4 Å². The molecule has 29 heavy (non-hydrogen) atoms. The summed E-state index contributed by atoms with van der Waals surface area (Å²) in [6, 6.07) is 10.7. The van der Waals surface area contributed by atoms with Crippen molar-refractivity contribution in [1.82, 2.24) is 4.72 Å². The van der Waals surface area contributed by atoms with Crippen LogP contribution in [-0.4, -0.2) is 41.2 Å². The van der Waals surface area contributed by atoms with Gasteiger partial charge in [0.2, 0.25) is 10.0 Å². The topological polar surface area (TPSA) is 103 Å². The van der Waals surface area contributed by atoms with E-state index in [-0.39, 0.29) is 23.5 Å². The van der Waals surface area contributed by atoms with Crippen LogP contribution in [0.3, 0.4) is 0 Å². The number of hydrogen-bond donors (Lipinski definition) is 2. The molecule has 0 heterocycles. The second kappa shape index (κ2) is 10.1. The number of ether oxygens (including phenoxy) is 3. The first-order chi connectivity index (χ1) is 13.8. The van der Waals surface area contributed by atoms with E-state index in [0.717, 1.165) is 0 Å². The molecule has 0 aliphatic heterocycles. The summed E-state index contributed by atoms with van der Waals surface area (Å²) in [7, 11) is -0.551. The van der Waals surface area contributed by atoms with Crippen LogP contribution in [0.15, 0.2) is 47.4 Å². The van der Waals surface area contributed by atoms with Crippen LogP contribution in [0.25, 0.3) is 0 Å². The van der Waals surface area contributed by atoms with E-state index in [9.17, 15) is 13.2 Å². The van der Waals surface area contributed by atoms with Crippen molar-refractivity contribution in [3.8, 4) is 17.2 Å². The van der Waals surface area contributed by atoms with E-state index in [1.54, 1.807) is 25.1 Å². The largest absolute Gasteiger partial charge is 0.497 e. The van der Waals surface area contributed by atoms with Crippen LogP contribution in [0.4, 0.5) is 5.69 Å². The Hall–Kier alpha value is -2.78. The van der Waals surface area contributed by atoms with Crippen LogP contribution in [0, 0.1) is 0 Å². The van der Waals surface area contributed by atoms with E-state index in [2.05, 4.69) is 10.0 Å². The summed E-state index contributed by atoms with van der Waals surface area (Å²) in [5, 5.41) is 2.70. The van der Waals surface area contributed by atoms with Gasteiger partial charge in [-0.05, 0) is 49.7 Å². The van der Waals surface area contributed by atoms with Crippen molar-refractivity contribution in [2.45, 2.75) is 31.2 Å². The summed E-state index contributed by atoms with van der Waals surface area (Å²) < 4.78 is 42.9. The second-order valence-corrected chi connectivity index (χ2v) is 8.02. The van der Waals surface area contributed by atoms with Gasteiger partial charge in [-0.2, -0.15) is 0 Å². The number of hydrogen-bond acceptors (Lipinski definition) is 6. The molecule has 2 rings (SSSR count). The van der Waals surface area contributed by atoms with E-state index >= 15 is 0 Å². The number of anilines is 1. The minimum absolute atomic E-state index is 0.137. The zero-order chi connectivity index (χ0) is 21.4. The Labute approximate surface area is 171 Å². The number of amides is 1. The third-order valence-corrected chi connectivity index (χ3v) is 5.76. The molecular weight excluding hydrogens is 396 g/mol. The summed E-state index contributed by atoms with van der Waals surface area (Å²) in [5.74, 6) is 1.06. The number of rotatable bonds is 10. The fourth-order valence-corrected chi connectivity index (χ4v) is 3.70. The van der Waals surface area contributed by atoms with E-state index in [1.807, 2.05) is 6.92 Å². The fourth-order valence-electron chi connectivity index (χ4n) is 2.37. The van der Waals surface area contributed by atoms with Gasteiger partial charge < -0.3 is 19.5 Å². The van der Waals surface area contributed by atoms with Crippen LogP contribution in [0.2, 0.25) is 0 Å². The zero-order valence-electron chi connectivity index (χ0n) is 16.9. The monoisotopic (exact) mass is 422 g/mol. The molecule has 0 unspecified atom stereocenters. The summed E-state index contributed by atoms with van der Waals surface area (Å²) in [6.07, 6.45) is 0.689. The number of sulfonamides is 1. The fraction of sp³-hybridized carbons (Fsp3) is 0.350. The first-order valence-electron chi connectivity index (χ1n) is 9.06. The van der Waals surface area contributed by atoms with Crippen LogP contribution >= 0.6 is 0 Å². The van der Waals surface area contributed by atoms with E-state index < -0.39 is 10.0 Å². The van der Waals surface area contributed by atoms with Crippen molar-refractivity contribution in [3.05, 3.63) is 42.5 Å². The predicted octanol–water partition coefficient (Wildman–Crippen LogP) is 2.80. The van der Waals surface area contributed by atoms with Crippen molar-refractivity contribution in [2.24, 2.45) is 0 Å². The molecule has 0 fully saturated rings. The van der Waals surface area contributed by atoms with Gasteiger partial charge in [0.1, 0.15) is 17.2 Å². The number of carbonyl (C=O) groups excluding carboxylic acids is 1. The highest BCUT2D eigenvalue weighted by Crippen LogP contribution is 2.29. The van der Waals surface area contributed by atoms with Crippen LogP contribution in [-0.2, 0) is 14.8 Å². The smallest absolute Gasteiger partial charge is 0.262 e. The van der Waals surface area contributed by atoms with E-state index in [4.69, 9.17) is 14.2 Å². The summed E-state index contributed by atoms with van der Waals surface area (Å²) >= 11 is 0. The maximum absolute atomic E-state index is 12.3. The molecule has 2 N–H and O–H groups in total. The lowest BCUT2D eigenvalue weighted by molar-refractivity contribution is -0.118. The molecule has 2 aromatic rings. The first-order valence-corrected chi connectivity index (χ1v) is 10.5. The highest BCUT2D eigenvalue weighted by Gasteiger charge is 2.16. The standard InChI is InChI=1S/C20H26N2O6S/c1-5-14(2)22-29(24,25)17-9-6-15(7-10-17)28-13-20(23)21-18-11-8-16(26-3)12-19(18)27-4/h6-12,14,22H,5,13H2,1-4H3,(H,21,23)/t14-/m1/s1. The highest BCUT2D eigenvalue weighted by molar-refractivity contribution is 7.89. The van der Waals surface area contributed by atoms with Crippen LogP contribution in [0.1, 0.15) is 20.3 Å². The van der Waals surface area contributed by atoms with E-state index in [0.29, 0.717) is 29.4 Å². The van der Waals surface area contributed by atoms with Gasteiger partial charge in [0, 0.05) is 12.1 Å². The molecule has 0 aromatic heterocycles. The van der Waals surface area contributed by atoms with Crippen molar-refractivity contribution in [3.63, 3.8) is 0 Å². The van der Waals surface area contributed by atoms with Gasteiger partial charge in [-0.1, -0.05) is 6.92 Å². The highest BCUT2D eigenvalue weighted by atomic mass is 32.2. The normalized spacial score (nSPS) is 12.1. The molecule has 8 nitrogen and oxygen atoms in total. The Kier molecular flexibility index (Phi) is 7.86. The summed E-state index contributed by atoms with van der Waals surface area (Å²) in [4.78, 5) is 12.3. The minimum Gasteiger partial charge on any atom is -0.497 e. The van der Waals surface area contributed by atoms with Crippen molar-refractivity contribution in [2.75, 3.05) is 26.1 Å². The number of carbonyl (C=O) groups is 1. The molecule has 0 saturated heterocycles. The Morgan fingerprint density at radius 3 is 2.28 bits per heavy atom. The minimum atomic E-state index is -3.58. The lowest BCUT2D eigenvalue weighted by Crippen LogP contribution is -2.31. The maximum atomic E-state index is 12.3. The molecule has 0 aliphatic rings. The second-order valence-electron chi connectivity index (χ2n) is 6.31. The quantitative estimate of drug-likeness (QED) is 0.610. The molecule has 1 atom stereocenters. The molecular formula is C20H26N2O6S. The SMILES string of the molecule is CC[C@@H](C)NS(=O)(=O)c1ccc(OCC(=O)Nc2ccc(OC)cc2OC)cc1. The predicted molar refractivity (Wildman–Crippen MR) is 110 cm³/mol. The van der Waals surface area contributed by atoms with Gasteiger partial charge in [-0.15, -0.1) is 0 Å². The molecule has 1 amide bonds. The zero-order valence-corrected chi connectivity index (χ0v) is 17.7. The number of methoxy groups -OCH3 is 2. The van der Waals surface area contributed by atoms with Gasteiger partial charge in [0.25, 0.3) is 5.91 Å². The van der Waals surface area contributed by atoms with Gasteiger partial charge in [-0.3, -0.25) is 4.79 Å². The van der Waals surface area contributed by atoms with E-state index in [1.165, 1.54) is 38.5 Å². The van der Waals surface area contributed by atoms with Crippen molar-refractivity contribution >= 4 is 21.6 Å². The van der Waals surface area contributed by atoms with Gasteiger partial charge in [0.05, 0.1) is 24.8 Å². The van der Waals surface area contributed by atoms with Gasteiger partial charge in [0.15, 0.2) is 6.61 Å². The molecule has 2 aromatic carbocycles. The lowest BCUT2D eigenvalue weighted by Gasteiger charge is -2.13. The molecule has 0 radical (unpaired) electrons. The molecule has 0 aliphatic carbocycles. The van der Waals surface area contributed by atoms with Gasteiger partial charge in [-0.25, -0.2) is 13.1 Å². The maximum Gasteiger partial charge on any atom is 0.262 e. The third kappa shape index (κ3) is 6.37. The average Bonchev–Trinajstić information content (AvgIpc) is 2.72.